The van der Waals surface area contributed by atoms with Gasteiger partial charge in [-0.3, -0.25) is 4.79 Å². The zero-order valence-corrected chi connectivity index (χ0v) is 11.9. The molecule has 2 aromatic rings. The van der Waals surface area contributed by atoms with Crippen molar-refractivity contribution in [2.45, 2.75) is 26.3 Å². The SMILES string of the molecule is CCC(NC(=O)c1ccc(-n2nccc2C)cc1)C(=O)O. The molecule has 0 aliphatic rings. The molecule has 2 N–H and O–H groups in total. The van der Waals surface area contributed by atoms with Gasteiger partial charge in [0.15, 0.2) is 0 Å². The van der Waals surface area contributed by atoms with Gasteiger partial charge in [0.05, 0.1) is 5.69 Å². The van der Waals surface area contributed by atoms with E-state index in [1.807, 2.05) is 13.0 Å². The topological polar surface area (TPSA) is 84.2 Å². The third-order valence-corrected chi connectivity index (χ3v) is 3.22. The first kappa shape index (κ1) is 14.8. The minimum absolute atomic E-state index is 0.339. The largest absolute Gasteiger partial charge is 0.480 e. The van der Waals surface area contributed by atoms with Crippen LogP contribution in [0.3, 0.4) is 0 Å². The summed E-state index contributed by atoms with van der Waals surface area (Å²) in [6, 6.07) is 7.87. The van der Waals surface area contributed by atoms with Gasteiger partial charge >= 0.3 is 5.97 Å². The van der Waals surface area contributed by atoms with Crippen LogP contribution in [0.25, 0.3) is 5.69 Å². The molecule has 0 radical (unpaired) electrons. The van der Waals surface area contributed by atoms with E-state index in [0.717, 1.165) is 11.4 Å². The van der Waals surface area contributed by atoms with Gasteiger partial charge in [0.25, 0.3) is 5.91 Å². The number of hydrogen-bond donors (Lipinski definition) is 2. The quantitative estimate of drug-likeness (QED) is 0.877. The highest BCUT2D eigenvalue weighted by Crippen LogP contribution is 2.11. The summed E-state index contributed by atoms with van der Waals surface area (Å²) < 4.78 is 1.76. The molecule has 1 amide bonds. The van der Waals surface area contributed by atoms with Gasteiger partial charge in [0, 0.05) is 17.5 Å². The van der Waals surface area contributed by atoms with Crippen molar-refractivity contribution >= 4 is 11.9 Å². The Labute approximate surface area is 122 Å². The lowest BCUT2D eigenvalue weighted by atomic mass is 10.1. The van der Waals surface area contributed by atoms with Crippen LogP contribution in [0, 0.1) is 6.92 Å². The number of nitrogens with zero attached hydrogens (tertiary/aromatic N) is 2. The van der Waals surface area contributed by atoms with Gasteiger partial charge in [-0.1, -0.05) is 6.92 Å². The maximum Gasteiger partial charge on any atom is 0.326 e. The fourth-order valence-corrected chi connectivity index (χ4v) is 1.97. The lowest BCUT2D eigenvalue weighted by Gasteiger charge is -2.12. The summed E-state index contributed by atoms with van der Waals surface area (Å²) in [5.74, 6) is -1.43. The van der Waals surface area contributed by atoms with Gasteiger partial charge in [0.1, 0.15) is 6.04 Å². The third kappa shape index (κ3) is 3.28. The number of carbonyl (C=O) groups excluding carboxylic acids is 1. The molecule has 0 saturated carbocycles. The minimum Gasteiger partial charge on any atom is -0.480 e. The number of amides is 1. The predicted molar refractivity (Wildman–Crippen MR) is 77.5 cm³/mol. The number of carbonyl (C=O) groups is 2. The van der Waals surface area contributed by atoms with E-state index in [1.165, 1.54) is 0 Å². The number of benzene rings is 1. The van der Waals surface area contributed by atoms with E-state index < -0.39 is 17.9 Å². The highest BCUT2D eigenvalue weighted by Gasteiger charge is 2.18. The first-order chi connectivity index (χ1) is 10.0. The van der Waals surface area contributed by atoms with Crippen molar-refractivity contribution in [2.75, 3.05) is 0 Å². The molecule has 6 nitrogen and oxygen atoms in total. The fraction of sp³-hybridized carbons (Fsp3) is 0.267. The highest BCUT2D eigenvalue weighted by molar-refractivity contribution is 5.96. The summed E-state index contributed by atoms with van der Waals surface area (Å²) in [6.45, 7) is 3.65. The lowest BCUT2D eigenvalue weighted by Crippen LogP contribution is -2.40. The molecule has 1 atom stereocenters. The Morgan fingerprint density at radius 2 is 1.95 bits per heavy atom. The molecule has 1 heterocycles. The number of aromatic nitrogens is 2. The molecule has 0 aliphatic carbocycles. The smallest absolute Gasteiger partial charge is 0.326 e. The van der Waals surface area contributed by atoms with E-state index in [2.05, 4.69) is 10.4 Å². The second-order valence-electron chi connectivity index (χ2n) is 4.70. The number of rotatable bonds is 5. The first-order valence-corrected chi connectivity index (χ1v) is 6.67. The number of carboxylic acids is 1. The van der Waals surface area contributed by atoms with Crippen LogP contribution in [0.5, 0.6) is 0 Å². The monoisotopic (exact) mass is 287 g/mol. The van der Waals surface area contributed by atoms with Gasteiger partial charge in [-0.05, 0) is 43.7 Å². The van der Waals surface area contributed by atoms with Crippen LogP contribution < -0.4 is 5.32 Å². The molecule has 1 aromatic heterocycles. The number of hydrogen-bond acceptors (Lipinski definition) is 3. The van der Waals surface area contributed by atoms with Gasteiger partial charge < -0.3 is 10.4 Å². The summed E-state index contributed by atoms with van der Waals surface area (Å²) in [5, 5.41) is 15.6. The zero-order chi connectivity index (χ0) is 15.4. The van der Waals surface area contributed by atoms with Crippen molar-refractivity contribution in [2.24, 2.45) is 0 Å². The van der Waals surface area contributed by atoms with Crippen molar-refractivity contribution in [3.05, 3.63) is 47.8 Å². The van der Waals surface area contributed by atoms with Gasteiger partial charge in [-0.15, -0.1) is 0 Å². The standard InChI is InChI=1S/C15H17N3O3/c1-3-13(15(20)21)17-14(19)11-4-6-12(7-5-11)18-10(2)8-9-16-18/h4-9,13H,3H2,1-2H3,(H,17,19)(H,20,21). The Balaban J connectivity index is 2.14. The first-order valence-electron chi connectivity index (χ1n) is 6.67. The second-order valence-corrected chi connectivity index (χ2v) is 4.70. The highest BCUT2D eigenvalue weighted by atomic mass is 16.4. The third-order valence-electron chi connectivity index (χ3n) is 3.22. The predicted octanol–water partition coefficient (Wildman–Crippen LogP) is 1.77. The van der Waals surface area contributed by atoms with Crippen LogP contribution in [-0.2, 0) is 4.79 Å². The fourth-order valence-electron chi connectivity index (χ4n) is 1.97. The summed E-state index contributed by atoms with van der Waals surface area (Å²) >= 11 is 0. The molecule has 1 aromatic carbocycles. The molecule has 0 fully saturated rings. The number of carboxylic acid groups (broad SMARTS) is 1. The van der Waals surface area contributed by atoms with Crippen molar-refractivity contribution in [3.63, 3.8) is 0 Å². The van der Waals surface area contributed by atoms with Crippen LogP contribution in [0.2, 0.25) is 0 Å². The zero-order valence-electron chi connectivity index (χ0n) is 11.9. The van der Waals surface area contributed by atoms with Crippen molar-refractivity contribution < 1.29 is 14.7 Å². The molecule has 110 valence electrons. The maximum atomic E-state index is 12.0. The van der Waals surface area contributed by atoms with Gasteiger partial charge in [-0.25, -0.2) is 9.48 Å². The Morgan fingerprint density at radius 3 is 2.43 bits per heavy atom. The lowest BCUT2D eigenvalue weighted by molar-refractivity contribution is -0.139. The molecule has 0 aliphatic heterocycles. The van der Waals surface area contributed by atoms with Crippen molar-refractivity contribution in [1.82, 2.24) is 15.1 Å². The average molecular weight is 287 g/mol. The van der Waals surface area contributed by atoms with Crippen LogP contribution in [0.1, 0.15) is 29.4 Å². The van der Waals surface area contributed by atoms with Gasteiger partial charge in [-0.2, -0.15) is 5.10 Å². The molecule has 21 heavy (non-hydrogen) atoms. The molecule has 2 rings (SSSR count). The molecular weight excluding hydrogens is 270 g/mol. The Hall–Kier alpha value is -2.63. The molecular formula is C15H17N3O3. The van der Waals surface area contributed by atoms with E-state index in [4.69, 9.17) is 5.11 Å². The number of aliphatic carboxylic acids is 1. The number of aryl methyl sites for hydroxylation is 1. The molecule has 0 spiro atoms. The average Bonchev–Trinajstić information content (AvgIpc) is 2.90. The van der Waals surface area contributed by atoms with E-state index in [1.54, 1.807) is 42.1 Å². The Bertz CT molecular complexity index is 646. The van der Waals surface area contributed by atoms with Crippen LogP contribution >= 0.6 is 0 Å². The number of nitrogens with one attached hydrogen (secondary N) is 1. The Kier molecular flexibility index (Phi) is 4.37. The maximum absolute atomic E-state index is 12.0. The summed E-state index contributed by atoms with van der Waals surface area (Å²) in [4.78, 5) is 22.9. The second kappa shape index (κ2) is 6.21. The molecule has 0 saturated heterocycles. The molecule has 0 bridgehead atoms. The van der Waals surface area contributed by atoms with E-state index in [-0.39, 0.29) is 0 Å². The van der Waals surface area contributed by atoms with E-state index >= 15 is 0 Å². The van der Waals surface area contributed by atoms with Crippen molar-refractivity contribution in [3.8, 4) is 5.69 Å². The molecule has 6 heteroatoms. The molecule has 1 unspecified atom stereocenters. The summed E-state index contributed by atoms with van der Waals surface area (Å²) in [7, 11) is 0. The van der Waals surface area contributed by atoms with Crippen LogP contribution in [-0.4, -0.2) is 32.8 Å². The van der Waals surface area contributed by atoms with E-state index in [0.29, 0.717) is 12.0 Å². The minimum atomic E-state index is -1.03. The van der Waals surface area contributed by atoms with Gasteiger partial charge in [0.2, 0.25) is 0 Å². The van der Waals surface area contributed by atoms with Crippen LogP contribution in [0.4, 0.5) is 0 Å². The van der Waals surface area contributed by atoms with Crippen LogP contribution in [0.15, 0.2) is 36.5 Å². The normalized spacial score (nSPS) is 11.9. The summed E-state index contributed by atoms with van der Waals surface area (Å²) in [6.07, 6.45) is 2.04. The Morgan fingerprint density at radius 1 is 1.29 bits per heavy atom. The van der Waals surface area contributed by atoms with E-state index in [9.17, 15) is 9.59 Å². The van der Waals surface area contributed by atoms with Crippen molar-refractivity contribution in [1.29, 1.82) is 0 Å². The summed E-state index contributed by atoms with van der Waals surface area (Å²) in [5.41, 5.74) is 2.26.